The molecular formula is C16H18Cl2N2. The summed E-state index contributed by atoms with van der Waals surface area (Å²) < 4.78 is 0. The molecule has 1 atom stereocenters. The molecule has 20 heavy (non-hydrogen) atoms. The van der Waals surface area contributed by atoms with Crippen molar-refractivity contribution in [3.05, 3.63) is 62.9 Å². The van der Waals surface area contributed by atoms with Gasteiger partial charge in [-0.1, -0.05) is 48.3 Å². The largest absolute Gasteiger partial charge is 0.305 e. The molecule has 2 nitrogen and oxygen atoms in total. The van der Waals surface area contributed by atoms with Crippen molar-refractivity contribution in [1.82, 2.24) is 10.3 Å². The zero-order valence-electron chi connectivity index (χ0n) is 11.9. The third-order valence-corrected chi connectivity index (χ3v) is 4.06. The molecule has 1 aromatic heterocycles. The van der Waals surface area contributed by atoms with Gasteiger partial charge in [-0.05, 0) is 43.1 Å². The highest BCUT2D eigenvalue weighted by Crippen LogP contribution is 2.33. The molecule has 0 aliphatic heterocycles. The smallest absolute Gasteiger partial charge is 0.0769 e. The SMILES string of the molecule is CCNC(c1cccc(Cl)c1Cl)c1ncc(C)cc1C. The monoisotopic (exact) mass is 308 g/mol. The van der Waals surface area contributed by atoms with E-state index >= 15 is 0 Å². The van der Waals surface area contributed by atoms with Crippen molar-refractivity contribution in [2.75, 3.05) is 6.54 Å². The van der Waals surface area contributed by atoms with Crippen LogP contribution in [0.4, 0.5) is 0 Å². The van der Waals surface area contributed by atoms with E-state index in [9.17, 15) is 0 Å². The van der Waals surface area contributed by atoms with Crippen molar-refractivity contribution in [3.63, 3.8) is 0 Å². The number of aryl methyl sites for hydroxylation is 2. The number of halogens is 2. The highest BCUT2D eigenvalue weighted by atomic mass is 35.5. The summed E-state index contributed by atoms with van der Waals surface area (Å²) >= 11 is 12.5. The van der Waals surface area contributed by atoms with E-state index in [2.05, 4.69) is 30.2 Å². The maximum atomic E-state index is 6.36. The Morgan fingerprint density at radius 3 is 2.65 bits per heavy atom. The molecule has 0 saturated heterocycles. The summed E-state index contributed by atoms with van der Waals surface area (Å²) in [5, 5.41) is 4.59. The fourth-order valence-corrected chi connectivity index (χ4v) is 2.75. The van der Waals surface area contributed by atoms with Gasteiger partial charge in [0.05, 0.1) is 21.8 Å². The van der Waals surface area contributed by atoms with Crippen molar-refractivity contribution >= 4 is 23.2 Å². The molecule has 0 radical (unpaired) electrons. The molecule has 0 amide bonds. The molecule has 106 valence electrons. The van der Waals surface area contributed by atoms with Crippen LogP contribution in [0.5, 0.6) is 0 Å². The van der Waals surface area contributed by atoms with Crippen molar-refractivity contribution in [3.8, 4) is 0 Å². The first-order valence-corrected chi connectivity index (χ1v) is 7.40. The highest BCUT2D eigenvalue weighted by Gasteiger charge is 2.20. The summed E-state index contributed by atoms with van der Waals surface area (Å²) in [7, 11) is 0. The van der Waals surface area contributed by atoms with Gasteiger partial charge in [-0.2, -0.15) is 0 Å². The van der Waals surface area contributed by atoms with Crippen LogP contribution in [0, 0.1) is 13.8 Å². The second-order valence-corrected chi connectivity index (χ2v) is 5.63. The quantitative estimate of drug-likeness (QED) is 0.885. The van der Waals surface area contributed by atoms with Crippen LogP contribution in [0.2, 0.25) is 10.0 Å². The minimum atomic E-state index is -0.0493. The molecule has 0 aliphatic carbocycles. The van der Waals surface area contributed by atoms with Crippen molar-refractivity contribution in [1.29, 1.82) is 0 Å². The Labute approximate surface area is 130 Å². The maximum Gasteiger partial charge on any atom is 0.0769 e. The van der Waals surface area contributed by atoms with Crippen LogP contribution in [0.25, 0.3) is 0 Å². The molecule has 0 saturated carbocycles. The standard InChI is InChI=1S/C16H18Cl2N2/c1-4-19-16(12-6-5-7-13(17)14(12)18)15-11(3)8-10(2)9-20-15/h5-9,16,19H,4H2,1-3H3. The molecular weight excluding hydrogens is 291 g/mol. The molecule has 2 aromatic rings. The molecule has 1 unspecified atom stereocenters. The van der Waals surface area contributed by atoms with Crippen LogP contribution < -0.4 is 5.32 Å². The van der Waals surface area contributed by atoms with Gasteiger partial charge in [-0.3, -0.25) is 4.98 Å². The van der Waals surface area contributed by atoms with Crippen molar-refractivity contribution in [2.45, 2.75) is 26.8 Å². The van der Waals surface area contributed by atoms with E-state index < -0.39 is 0 Å². The molecule has 1 heterocycles. The lowest BCUT2D eigenvalue weighted by atomic mass is 9.99. The highest BCUT2D eigenvalue weighted by molar-refractivity contribution is 6.42. The maximum absolute atomic E-state index is 6.36. The van der Waals surface area contributed by atoms with E-state index in [1.165, 1.54) is 0 Å². The van der Waals surface area contributed by atoms with Crippen molar-refractivity contribution in [2.24, 2.45) is 0 Å². The first-order chi connectivity index (χ1) is 9.54. The summed E-state index contributed by atoms with van der Waals surface area (Å²) in [6.45, 7) is 6.99. The molecule has 0 bridgehead atoms. The average molecular weight is 309 g/mol. The number of pyridine rings is 1. The number of nitrogens with one attached hydrogen (secondary N) is 1. The number of hydrogen-bond donors (Lipinski definition) is 1. The van der Waals surface area contributed by atoms with E-state index in [1.54, 1.807) is 6.07 Å². The minimum Gasteiger partial charge on any atom is -0.305 e. The van der Waals surface area contributed by atoms with Crippen LogP contribution >= 0.6 is 23.2 Å². The first-order valence-electron chi connectivity index (χ1n) is 6.65. The van der Waals surface area contributed by atoms with E-state index in [4.69, 9.17) is 23.2 Å². The second-order valence-electron chi connectivity index (χ2n) is 4.85. The topological polar surface area (TPSA) is 24.9 Å². The predicted octanol–water partition coefficient (Wildman–Crippen LogP) is 4.70. The first kappa shape index (κ1) is 15.3. The van der Waals surface area contributed by atoms with E-state index in [0.717, 1.165) is 28.9 Å². The van der Waals surface area contributed by atoms with Gasteiger partial charge < -0.3 is 5.32 Å². The number of rotatable bonds is 4. The van der Waals surface area contributed by atoms with Gasteiger partial charge in [0.25, 0.3) is 0 Å². The van der Waals surface area contributed by atoms with E-state index in [-0.39, 0.29) is 6.04 Å². The molecule has 0 fully saturated rings. The van der Waals surface area contributed by atoms with Crippen LogP contribution in [0.3, 0.4) is 0 Å². The van der Waals surface area contributed by atoms with Gasteiger partial charge in [0.15, 0.2) is 0 Å². The number of nitrogens with zero attached hydrogens (tertiary/aromatic N) is 1. The third-order valence-electron chi connectivity index (χ3n) is 3.23. The lowest BCUT2D eigenvalue weighted by Crippen LogP contribution is -2.24. The third kappa shape index (κ3) is 3.14. The Kier molecular flexibility index (Phi) is 5.03. The zero-order valence-corrected chi connectivity index (χ0v) is 13.4. The fourth-order valence-electron chi connectivity index (χ4n) is 2.33. The predicted molar refractivity (Wildman–Crippen MR) is 85.7 cm³/mol. The van der Waals surface area contributed by atoms with Gasteiger partial charge in [-0.25, -0.2) is 0 Å². The van der Waals surface area contributed by atoms with Crippen LogP contribution in [0.15, 0.2) is 30.5 Å². The summed E-state index contributed by atoms with van der Waals surface area (Å²) in [5.41, 5.74) is 4.24. The van der Waals surface area contributed by atoms with E-state index in [0.29, 0.717) is 10.0 Å². The van der Waals surface area contributed by atoms with Gasteiger partial charge in [0.1, 0.15) is 0 Å². The summed E-state index contributed by atoms with van der Waals surface area (Å²) in [5.74, 6) is 0. The Balaban J connectivity index is 2.53. The number of aromatic nitrogens is 1. The minimum absolute atomic E-state index is 0.0493. The lowest BCUT2D eigenvalue weighted by Gasteiger charge is -2.21. The normalized spacial score (nSPS) is 12.4. The number of benzene rings is 1. The molecule has 0 spiro atoms. The summed E-state index contributed by atoms with van der Waals surface area (Å²) in [6.07, 6.45) is 1.88. The summed E-state index contributed by atoms with van der Waals surface area (Å²) in [6, 6.07) is 7.78. The Bertz CT molecular complexity index is 611. The van der Waals surface area contributed by atoms with Gasteiger partial charge in [0, 0.05) is 6.20 Å². The zero-order chi connectivity index (χ0) is 14.7. The molecule has 1 N–H and O–H groups in total. The molecule has 0 aliphatic rings. The average Bonchev–Trinajstić information content (AvgIpc) is 2.40. The van der Waals surface area contributed by atoms with Crippen LogP contribution in [0.1, 0.15) is 35.3 Å². The van der Waals surface area contributed by atoms with E-state index in [1.807, 2.05) is 25.3 Å². The van der Waals surface area contributed by atoms with Gasteiger partial charge in [-0.15, -0.1) is 0 Å². The molecule has 4 heteroatoms. The second kappa shape index (κ2) is 6.57. The van der Waals surface area contributed by atoms with Gasteiger partial charge >= 0.3 is 0 Å². The van der Waals surface area contributed by atoms with Crippen molar-refractivity contribution < 1.29 is 0 Å². The lowest BCUT2D eigenvalue weighted by molar-refractivity contribution is 0.612. The molecule has 1 aromatic carbocycles. The fraction of sp³-hybridized carbons (Fsp3) is 0.312. The Morgan fingerprint density at radius 2 is 2.00 bits per heavy atom. The van der Waals surface area contributed by atoms with Crippen LogP contribution in [-0.2, 0) is 0 Å². The van der Waals surface area contributed by atoms with Crippen LogP contribution in [-0.4, -0.2) is 11.5 Å². The summed E-state index contributed by atoms with van der Waals surface area (Å²) in [4.78, 5) is 4.58. The van der Waals surface area contributed by atoms with Gasteiger partial charge in [0.2, 0.25) is 0 Å². The number of hydrogen-bond acceptors (Lipinski definition) is 2. The Morgan fingerprint density at radius 1 is 1.25 bits per heavy atom. The molecule has 2 rings (SSSR count). The Hall–Kier alpha value is -1.09.